The van der Waals surface area contributed by atoms with Gasteiger partial charge in [-0.05, 0) is 28.1 Å². The van der Waals surface area contributed by atoms with Crippen LogP contribution in [0.5, 0.6) is 0 Å². The van der Waals surface area contributed by atoms with Crippen molar-refractivity contribution in [2.45, 2.75) is 0 Å². The van der Waals surface area contributed by atoms with Gasteiger partial charge in [-0.2, -0.15) is 5.10 Å². The summed E-state index contributed by atoms with van der Waals surface area (Å²) in [4.78, 5) is 26.1. The first kappa shape index (κ1) is 19.1. The summed E-state index contributed by atoms with van der Waals surface area (Å²) in [5.41, 5.74) is 2.47. The minimum Gasteiger partial charge on any atom is -0.466 e. The normalized spacial score (nSPS) is 14.3. The first-order valence-electron chi connectivity index (χ1n) is 8.01. The van der Waals surface area contributed by atoms with Crippen molar-refractivity contribution < 1.29 is 23.8 Å². The standard InChI is InChI=1S/C18H18BrN3O5/c1-21-8-14(19)15(20-21)11-5-4-6-12(7-11)22-10-27-9-13(17(23)25-2)16(22)18(24)26-3/h4-8H,9-10H2,1-3H3. The highest BCUT2D eigenvalue weighted by Gasteiger charge is 2.32. The Kier molecular flexibility index (Phi) is 5.62. The number of carbonyl (C=O) groups excluding carboxylic acids is 2. The molecule has 1 aromatic carbocycles. The first-order chi connectivity index (χ1) is 13.0. The number of carbonyl (C=O) groups is 2. The van der Waals surface area contributed by atoms with Gasteiger partial charge < -0.3 is 19.1 Å². The lowest BCUT2D eigenvalue weighted by atomic mass is 10.1. The maximum absolute atomic E-state index is 12.4. The van der Waals surface area contributed by atoms with Crippen molar-refractivity contribution in [3.8, 4) is 11.3 Å². The zero-order valence-corrected chi connectivity index (χ0v) is 16.6. The second kappa shape index (κ2) is 7.93. The molecule has 0 aliphatic carbocycles. The smallest absolute Gasteiger partial charge is 0.355 e. The molecule has 2 heterocycles. The molecule has 1 aliphatic rings. The van der Waals surface area contributed by atoms with Crippen LogP contribution in [0.3, 0.4) is 0 Å². The lowest BCUT2D eigenvalue weighted by Crippen LogP contribution is -2.38. The number of esters is 2. The van der Waals surface area contributed by atoms with Crippen LogP contribution in [0.1, 0.15) is 0 Å². The molecule has 27 heavy (non-hydrogen) atoms. The predicted molar refractivity (Wildman–Crippen MR) is 101 cm³/mol. The number of anilines is 1. The van der Waals surface area contributed by atoms with Crippen LogP contribution in [0.15, 0.2) is 46.2 Å². The number of aryl methyl sites for hydroxylation is 1. The summed E-state index contributed by atoms with van der Waals surface area (Å²) in [6.07, 6.45) is 1.85. The molecule has 9 heteroatoms. The third kappa shape index (κ3) is 3.74. The lowest BCUT2D eigenvalue weighted by molar-refractivity contribution is -0.140. The zero-order chi connectivity index (χ0) is 19.6. The van der Waals surface area contributed by atoms with Gasteiger partial charge in [0, 0.05) is 24.5 Å². The molecule has 8 nitrogen and oxygen atoms in total. The molecule has 1 aromatic heterocycles. The van der Waals surface area contributed by atoms with Gasteiger partial charge in [-0.1, -0.05) is 12.1 Å². The van der Waals surface area contributed by atoms with Crippen LogP contribution in [-0.4, -0.2) is 49.3 Å². The molecular weight excluding hydrogens is 418 g/mol. The molecule has 0 amide bonds. The number of rotatable bonds is 4. The van der Waals surface area contributed by atoms with Crippen LogP contribution >= 0.6 is 15.9 Å². The van der Waals surface area contributed by atoms with Gasteiger partial charge in [-0.15, -0.1) is 0 Å². The van der Waals surface area contributed by atoms with Crippen molar-refractivity contribution in [1.29, 1.82) is 0 Å². The summed E-state index contributed by atoms with van der Waals surface area (Å²) in [6, 6.07) is 7.42. The number of methoxy groups -OCH3 is 2. The topological polar surface area (TPSA) is 82.9 Å². The van der Waals surface area contributed by atoms with Crippen molar-refractivity contribution in [3.63, 3.8) is 0 Å². The molecule has 0 N–H and O–H groups in total. The van der Waals surface area contributed by atoms with Crippen LogP contribution < -0.4 is 4.90 Å². The van der Waals surface area contributed by atoms with Gasteiger partial charge in [-0.25, -0.2) is 9.59 Å². The fourth-order valence-electron chi connectivity index (χ4n) is 2.82. The van der Waals surface area contributed by atoms with E-state index < -0.39 is 11.9 Å². The molecule has 0 spiro atoms. The first-order valence-corrected chi connectivity index (χ1v) is 8.80. The van der Waals surface area contributed by atoms with Gasteiger partial charge in [0.15, 0.2) is 0 Å². The number of ether oxygens (including phenoxy) is 3. The Morgan fingerprint density at radius 1 is 1.22 bits per heavy atom. The number of halogens is 1. The van der Waals surface area contributed by atoms with E-state index in [1.165, 1.54) is 14.2 Å². The minimum atomic E-state index is -0.636. The summed E-state index contributed by atoms with van der Waals surface area (Å²) in [6.45, 7) is 0.0663. The fourth-order valence-corrected chi connectivity index (χ4v) is 3.43. The summed E-state index contributed by atoms with van der Waals surface area (Å²) in [7, 11) is 4.35. The summed E-state index contributed by atoms with van der Waals surface area (Å²) in [5, 5.41) is 4.44. The Bertz CT molecular complexity index is 921. The maximum atomic E-state index is 12.4. The summed E-state index contributed by atoms with van der Waals surface area (Å²) >= 11 is 3.49. The minimum absolute atomic E-state index is 0.0287. The van der Waals surface area contributed by atoms with Gasteiger partial charge in [0.05, 0.1) is 30.9 Å². The molecular formula is C18H18BrN3O5. The van der Waals surface area contributed by atoms with Gasteiger partial charge in [0.2, 0.25) is 0 Å². The van der Waals surface area contributed by atoms with Crippen molar-refractivity contribution in [2.24, 2.45) is 7.05 Å². The van der Waals surface area contributed by atoms with Crippen molar-refractivity contribution >= 4 is 33.6 Å². The van der Waals surface area contributed by atoms with Crippen LogP contribution in [0.2, 0.25) is 0 Å². The zero-order valence-electron chi connectivity index (χ0n) is 15.1. The van der Waals surface area contributed by atoms with Gasteiger partial charge in [0.25, 0.3) is 0 Å². The van der Waals surface area contributed by atoms with E-state index in [-0.39, 0.29) is 24.6 Å². The van der Waals surface area contributed by atoms with Crippen LogP contribution in [0.4, 0.5) is 5.69 Å². The SMILES string of the molecule is COC(=O)C1=C(C(=O)OC)N(c2cccc(-c3nn(C)cc3Br)c2)COC1. The Balaban J connectivity index is 2.09. The second-order valence-corrected chi connectivity index (χ2v) is 6.62. The number of aromatic nitrogens is 2. The van der Waals surface area contributed by atoms with Gasteiger partial charge >= 0.3 is 11.9 Å². The quantitative estimate of drug-likeness (QED) is 0.680. The molecule has 0 saturated carbocycles. The Morgan fingerprint density at radius 2 is 1.96 bits per heavy atom. The maximum Gasteiger partial charge on any atom is 0.355 e. The highest BCUT2D eigenvalue weighted by Crippen LogP contribution is 2.32. The Hall–Kier alpha value is -2.65. The summed E-state index contributed by atoms with van der Waals surface area (Å²) < 4.78 is 17.7. The molecule has 0 saturated heterocycles. The molecule has 2 aromatic rings. The Labute approximate surface area is 164 Å². The van der Waals surface area contributed by atoms with Gasteiger partial charge in [0.1, 0.15) is 18.1 Å². The molecule has 3 rings (SSSR count). The van der Waals surface area contributed by atoms with E-state index in [4.69, 9.17) is 14.2 Å². The summed E-state index contributed by atoms with van der Waals surface area (Å²) in [5.74, 6) is -1.27. The molecule has 0 radical (unpaired) electrons. The molecule has 0 fully saturated rings. The van der Waals surface area contributed by atoms with E-state index in [0.717, 1.165) is 15.7 Å². The molecule has 1 aliphatic heterocycles. The van der Waals surface area contributed by atoms with E-state index in [1.54, 1.807) is 9.58 Å². The van der Waals surface area contributed by atoms with E-state index >= 15 is 0 Å². The average Bonchev–Trinajstić information content (AvgIpc) is 3.04. The van der Waals surface area contributed by atoms with E-state index in [1.807, 2.05) is 37.5 Å². The van der Waals surface area contributed by atoms with Crippen LogP contribution in [0, 0.1) is 0 Å². The third-order valence-electron chi connectivity index (χ3n) is 4.05. The monoisotopic (exact) mass is 435 g/mol. The van der Waals surface area contributed by atoms with Crippen LogP contribution in [-0.2, 0) is 30.8 Å². The number of nitrogens with zero attached hydrogens (tertiary/aromatic N) is 3. The molecule has 0 bridgehead atoms. The molecule has 0 atom stereocenters. The highest BCUT2D eigenvalue weighted by molar-refractivity contribution is 9.10. The van der Waals surface area contributed by atoms with E-state index in [2.05, 4.69) is 21.0 Å². The average molecular weight is 436 g/mol. The number of hydrogen-bond acceptors (Lipinski definition) is 7. The largest absolute Gasteiger partial charge is 0.466 e. The van der Waals surface area contributed by atoms with Crippen molar-refractivity contribution in [3.05, 3.63) is 46.2 Å². The Morgan fingerprint density at radius 3 is 2.59 bits per heavy atom. The van der Waals surface area contributed by atoms with Gasteiger partial charge in [-0.3, -0.25) is 4.68 Å². The van der Waals surface area contributed by atoms with Crippen molar-refractivity contribution in [1.82, 2.24) is 9.78 Å². The molecule has 142 valence electrons. The van der Waals surface area contributed by atoms with E-state index in [9.17, 15) is 9.59 Å². The predicted octanol–water partition coefficient (Wildman–Crippen LogP) is 2.24. The second-order valence-electron chi connectivity index (χ2n) is 5.77. The highest BCUT2D eigenvalue weighted by atomic mass is 79.9. The lowest BCUT2D eigenvalue weighted by Gasteiger charge is -2.31. The van der Waals surface area contributed by atoms with E-state index in [0.29, 0.717) is 5.69 Å². The number of hydrogen-bond donors (Lipinski definition) is 0. The van der Waals surface area contributed by atoms with Crippen molar-refractivity contribution in [2.75, 3.05) is 32.5 Å². The molecule has 0 unspecified atom stereocenters. The number of benzene rings is 1. The third-order valence-corrected chi connectivity index (χ3v) is 4.63. The van der Waals surface area contributed by atoms with Crippen LogP contribution in [0.25, 0.3) is 11.3 Å². The fraction of sp³-hybridized carbons (Fsp3) is 0.278.